The molecule has 1 N–H and O–H groups in total. The number of nitrogens with zero attached hydrogens (tertiary/aromatic N) is 2. The fourth-order valence-corrected chi connectivity index (χ4v) is 4.36. The van der Waals surface area contributed by atoms with Gasteiger partial charge in [0, 0.05) is 37.8 Å². The summed E-state index contributed by atoms with van der Waals surface area (Å²) in [4.78, 5) is 4.95. The first-order valence-corrected chi connectivity index (χ1v) is 9.88. The summed E-state index contributed by atoms with van der Waals surface area (Å²) in [5, 5.41) is 3.57. The molecular weight excluding hydrogens is 305 g/mol. The van der Waals surface area contributed by atoms with Crippen molar-refractivity contribution in [2.45, 2.75) is 90.4 Å². The van der Waals surface area contributed by atoms with Crippen LogP contribution in [0.2, 0.25) is 0 Å². The molecule has 5 heteroatoms. The summed E-state index contributed by atoms with van der Waals surface area (Å²) in [6.07, 6.45) is 2.52. The van der Waals surface area contributed by atoms with Gasteiger partial charge in [-0.1, -0.05) is 0 Å². The fourth-order valence-electron chi connectivity index (χ4n) is 4.36. The molecule has 2 rings (SSSR count). The van der Waals surface area contributed by atoms with Gasteiger partial charge < -0.3 is 10.1 Å². The summed E-state index contributed by atoms with van der Waals surface area (Å²) in [7, 11) is 0. The maximum Gasteiger partial charge on any atom is 0.114 e. The van der Waals surface area contributed by atoms with E-state index in [1.165, 1.54) is 6.42 Å². The highest BCUT2D eigenvalue weighted by atomic mass is 19.1. The molecule has 0 radical (unpaired) electrons. The van der Waals surface area contributed by atoms with E-state index in [9.17, 15) is 4.39 Å². The molecule has 0 amide bonds. The van der Waals surface area contributed by atoms with Crippen molar-refractivity contribution in [3.05, 3.63) is 0 Å². The monoisotopic (exact) mass is 343 g/mol. The summed E-state index contributed by atoms with van der Waals surface area (Å²) in [6, 6.07) is 1.34. The third-order valence-electron chi connectivity index (χ3n) is 5.46. The maximum absolute atomic E-state index is 14.0. The predicted octanol–water partition coefficient (Wildman–Crippen LogP) is 2.67. The lowest BCUT2D eigenvalue weighted by Gasteiger charge is -2.36. The van der Waals surface area contributed by atoms with Crippen LogP contribution in [0, 0.1) is 0 Å². The third-order valence-corrected chi connectivity index (χ3v) is 5.46. The van der Waals surface area contributed by atoms with Crippen LogP contribution in [-0.4, -0.2) is 79.0 Å². The standard InChI is InChI=1S/C19H38FN3O/c1-14(2)23-9-6-8-21-12-18(23)7-10-22-13-17(20)11-19(22)16(5)24-15(3)4/h14-19,21H,6-13H2,1-5H3/t16-,17+,18-,19-/m0/s1. The van der Waals surface area contributed by atoms with Crippen molar-refractivity contribution in [1.29, 1.82) is 0 Å². The lowest BCUT2D eigenvalue weighted by Crippen LogP contribution is -2.47. The van der Waals surface area contributed by atoms with Crippen LogP contribution < -0.4 is 5.32 Å². The highest BCUT2D eigenvalue weighted by molar-refractivity contribution is 4.91. The predicted molar refractivity (Wildman–Crippen MR) is 98.3 cm³/mol. The summed E-state index contributed by atoms with van der Waals surface area (Å²) in [5.74, 6) is 0. The molecule has 0 bridgehead atoms. The molecule has 0 aromatic heterocycles. The van der Waals surface area contributed by atoms with Crippen molar-refractivity contribution in [3.63, 3.8) is 0 Å². The summed E-state index contributed by atoms with van der Waals surface area (Å²) >= 11 is 0. The van der Waals surface area contributed by atoms with Gasteiger partial charge >= 0.3 is 0 Å². The van der Waals surface area contributed by atoms with E-state index in [4.69, 9.17) is 4.74 Å². The minimum absolute atomic E-state index is 0.0965. The minimum atomic E-state index is -0.707. The highest BCUT2D eigenvalue weighted by Gasteiger charge is 2.36. The van der Waals surface area contributed by atoms with E-state index >= 15 is 0 Å². The van der Waals surface area contributed by atoms with E-state index < -0.39 is 6.17 Å². The minimum Gasteiger partial charge on any atom is -0.374 e. The molecule has 4 atom stereocenters. The van der Waals surface area contributed by atoms with Gasteiger partial charge in [0.15, 0.2) is 0 Å². The number of alkyl halides is 1. The van der Waals surface area contributed by atoms with Gasteiger partial charge in [-0.2, -0.15) is 0 Å². The van der Waals surface area contributed by atoms with Gasteiger partial charge in [0.1, 0.15) is 6.17 Å². The van der Waals surface area contributed by atoms with Gasteiger partial charge in [0.2, 0.25) is 0 Å². The molecule has 142 valence electrons. The molecule has 0 aliphatic carbocycles. The molecule has 2 heterocycles. The van der Waals surface area contributed by atoms with Gasteiger partial charge in [0.25, 0.3) is 0 Å². The SMILES string of the molecule is CC(C)O[C@@H](C)[C@@H]1C[C@@H](F)CN1CC[C@H]1CNCCCN1C(C)C. The summed E-state index contributed by atoms with van der Waals surface area (Å²) in [5.41, 5.74) is 0. The van der Waals surface area contributed by atoms with Crippen LogP contribution in [0.3, 0.4) is 0 Å². The first-order valence-electron chi connectivity index (χ1n) is 9.88. The van der Waals surface area contributed by atoms with Gasteiger partial charge in [-0.15, -0.1) is 0 Å². The van der Waals surface area contributed by atoms with E-state index in [0.29, 0.717) is 25.0 Å². The molecule has 2 fully saturated rings. The Morgan fingerprint density at radius 3 is 2.62 bits per heavy atom. The Bertz CT molecular complexity index is 367. The highest BCUT2D eigenvalue weighted by Crippen LogP contribution is 2.26. The third kappa shape index (κ3) is 5.65. The van der Waals surface area contributed by atoms with Crippen LogP contribution in [0.1, 0.15) is 53.9 Å². The number of rotatable bonds is 7. The van der Waals surface area contributed by atoms with Gasteiger partial charge in [-0.05, 0) is 67.0 Å². The van der Waals surface area contributed by atoms with Crippen molar-refractivity contribution in [2.24, 2.45) is 0 Å². The van der Waals surface area contributed by atoms with E-state index in [1.807, 2.05) is 0 Å². The number of likely N-dealkylation sites (tertiary alicyclic amines) is 1. The lowest BCUT2D eigenvalue weighted by molar-refractivity contribution is -0.0264. The van der Waals surface area contributed by atoms with Crippen LogP contribution in [-0.2, 0) is 4.74 Å². The van der Waals surface area contributed by atoms with E-state index in [0.717, 1.165) is 32.6 Å². The average Bonchev–Trinajstić information content (AvgIpc) is 2.71. The van der Waals surface area contributed by atoms with Crippen molar-refractivity contribution < 1.29 is 9.13 Å². The zero-order chi connectivity index (χ0) is 17.7. The molecule has 0 aromatic carbocycles. The number of ether oxygens (including phenoxy) is 1. The second kappa shape index (κ2) is 9.46. The molecule has 2 aliphatic rings. The molecule has 0 unspecified atom stereocenters. The molecule has 2 saturated heterocycles. The molecule has 4 nitrogen and oxygen atoms in total. The fraction of sp³-hybridized carbons (Fsp3) is 1.00. The average molecular weight is 344 g/mol. The van der Waals surface area contributed by atoms with Gasteiger partial charge in [-0.3, -0.25) is 9.80 Å². The normalized spacial score (nSPS) is 31.8. The Morgan fingerprint density at radius 1 is 1.21 bits per heavy atom. The Morgan fingerprint density at radius 2 is 1.96 bits per heavy atom. The first kappa shape index (κ1) is 20.1. The summed E-state index contributed by atoms with van der Waals surface area (Å²) < 4.78 is 20.0. The summed E-state index contributed by atoms with van der Waals surface area (Å²) in [6.45, 7) is 15.6. The Kier molecular flexibility index (Phi) is 7.92. The Balaban J connectivity index is 1.92. The van der Waals surface area contributed by atoms with Crippen molar-refractivity contribution in [1.82, 2.24) is 15.1 Å². The van der Waals surface area contributed by atoms with Crippen molar-refractivity contribution in [3.8, 4) is 0 Å². The van der Waals surface area contributed by atoms with E-state index in [1.54, 1.807) is 0 Å². The lowest BCUT2D eigenvalue weighted by atomic mass is 10.1. The van der Waals surface area contributed by atoms with E-state index in [-0.39, 0.29) is 18.2 Å². The quantitative estimate of drug-likeness (QED) is 0.769. The Hall–Kier alpha value is -0.230. The van der Waals surface area contributed by atoms with E-state index in [2.05, 4.69) is 49.7 Å². The zero-order valence-corrected chi connectivity index (χ0v) is 16.3. The number of halogens is 1. The molecule has 0 spiro atoms. The Labute approximate surface area is 148 Å². The zero-order valence-electron chi connectivity index (χ0n) is 16.3. The molecule has 2 aliphatic heterocycles. The smallest absolute Gasteiger partial charge is 0.114 e. The number of hydrogen-bond acceptors (Lipinski definition) is 4. The molecule has 0 saturated carbocycles. The first-order chi connectivity index (χ1) is 11.4. The van der Waals surface area contributed by atoms with Crippen LogP contribution in [0.15, 0.2) is 0 Å². The van der Waals surface area contributed by atoms with Crippen LogP contribution >= 0.6 is 0 Å². The molecular formula is C19H38FN3O. The van der Waals surface area contributed by atoms with Gasteiger partial charge in [0.05, 0.1) is 12.2 Å². The molecule has 0 aromatic rings. The largest absolute Gasteiger partial charge is 0.374 e. The van der Waals surface area contributed by atoms with Crippen molar-refractivity contribution >= 4 is 0 Å². The van der Waals surface area contributed by atoms with Crippen LogP contribution in [0.25, 0.3) is 0 Å². The number of nitrogens with one attached hydrogen (secondary N) is 1. The molecule has 24 heavy (non-hydrogen) atoms. The van der Waals surface area contributed by atoms with Crippen LogP contribution in [0.5, 0.6) is 0 Å². The second-order valence-corrected chi connectivity index (χ2v) is 8.12. The van der Waals surface area contributed by atoms with Crippen molar-refractivity contribution in [2.75, 3.05) is 32.7 Å². The van der Waals surface area contributed by atoms with Gasteiger partial charge in [-0.25, -0.2) is 4.39 Å². The van der Waals surface area contributed by atoms with Crippen LogP contribution in [0.4, 0.5) is 4.39 Å². The number of hydrogen-bond donors (Lipinski definition) is 1. The second-order valence-electron chi connectivity index (χ2n) is 8.12. The maximum atomic E-state index is 14.0. The topological polar surface area (TPSA) is 27.7 Å².